The summed E-state index contributed by atoms with van der Waals surface area (Å²) >= 11 is 0. The monoisotopic (exact) mass is 330 g/mol. The van der Waals surface area contributed by atoms with E-state index in [-0.39, 0.29) is 11.7 Å². The summed E-state index contributed by atoms with van der Waals surface area (Å²) in [5, 5.41) is 0. The van der Waals surface area contributed by atoms with Gasteiger partial charge in [0.2, 0.25) is 0 Å². The number of Topliss-reactive ketones (excluding diaryl/α,β-unsaturated/α-hetero) is 1. The molecule has 126 valence electrons. The zero-order chi connectivity index (χ0) is 17.5. The molecular formula is C23H22O2. The molecule has 0 saturated carbocycles. The molecule has 1 aliphatic carbocycles. The van der Waals surface area contributed by atoms with Crippen molar-refractivity contribution in [3.05, 3.63) is 95.2 Å². The van der Waals surface area contributed by atoms with Gasteiger partial charge in [-0.2, -0.15) is 0 Å². The first-order valence-electron chi connectivity index (χ1n) is 8.72. The van der Waals surface area contributed by atoms with Crippen molar-refractivity contribution in [2.24, 2.45) is 5.92 Å². The van der Waals surface area contributed by atoms with Crippen molar-refractivity contribution in [2.75, 3.05) is 0 Å². The van der Waals surface area contributed by atoms with Crippen molar-refractivity contribution < 1.29 is 9.21 Å². The van der Waals surface area contributed by atoms with Crippen molar-refractivity contribution in [2.45, 2.75) is 26.2 Å². The number of hydrogen-bond acceptors (Lipinski definition) is 2. The molecule has 1 aromatic heterocycles. The predicted octanol–water partition coefficient (Wildman–Crippen LogP) is 5.79. The molecule has 0 radical (unpaired) electrons. The highest BCUT2D eigenvalue weighted by atomic mass is 16.3. The topological polar surface area (TPSA) is 30.2 Å². The predicted molar refractivity (Wildman–Crippen MR) is 101 cm³/mol. The quantitative estimate of drug-likeness (QED) is 0.513. The molecule has 0 aliphatic heterocycles. The minimum absolute atomic E-state index is 0.0215. The molecule has 0 fully saturated rings. The van der Waals surface area contributed by atoms with Crippen LogP contribution < -0.4 is 0 Å². The average Bonchev–Trinajstić information content (AvgIpc) is 3.14. The maximum absolute atomic E-state index is 12.7. The van der Waals surface area contributed by atoms with Crippen molar-refractivity contribution in [3.8, 4) is 0 Å². The van der Waals surface area contributed by atoms with Crippen molar-refractivity contribution in [1.82, 2.24) is 0 Å². The second kappa shape index (κ2) is 8.32. The minimum Gasteiger partial charge on any atom is -0.465 e. The molecule has 0 amide bonds. The van der Waals surface area contributed by atoms with Gasteiger partial charge in [0.25, 0.3) is 0 Å². The van der Waals surface area contributed by atoms with Crippen molar-refractivity contribution in [3.63, 3.8) is 0 Å². The van der Waals surface area contributed by atoms with Gasteiger partial charge in [0.15, 0.2) is 5.78 Å². The second-order valence-corrected chi connectivity index (χ2v) is 6.14. The van der Waals surface area contributed by atoms with Crippen LogP contribution in [0.2, 0.25) is 0 Å². The minimum atomic E-state index is -0.0215. The van der Waals surface area contributed by atoms with E-state index in [0.29, 0.717) is 6.42 Å². The summed E-state index contributed by atoms with van der Waals surface area (Å²) in [7, 11) is 0. The zero-order valence-corrected chi connectivity index (χ0v) is 14.4. The highest BCUT2D eigenvalue weighted by Gasteiger charge is 2.18. The lowest BCUT2D eigenvalue weighted by Crippen LogP contribution is -2.14. The van der Waals surface area contributed by atoms with Crippen LogP contribution in [0.25, 0.3) is 6.08 Å². The van der Waals surface area contributed by atoms with Gasteiger partial charge in [0.1, 0.15) is 5.76 Å². The molecule has 0 N–H and O–H groups in total. The molecule has 25 heavy (non-hydrogen) atoms. The summed E-state index contributed by atoms with van der Waals surface area (Å²) < 4.78 is 5.29. The molecule has 2 heteroatoms. The van der Waals surface area contributed by atoms with Crippen LogP contribution >= 0.6 is 0 Å². The number of allylic oxidation sites excluding steroid dienone is 4. The van der Waals surface area contributed by atoms with Crippen LogP contribution in [-0.2, 0) is 6.42 Å². The molecule has 1 atom stereocenters. The zero-order valence-electron chi connectivity index (χ0n) is 14.4. The van der Waals surface area contributed by atoms with Crippen LogP contribution in [0.1, 0.15) is 41.4 Å². The summed E-state index contributed by atoms with van der Waals surface area (Å²) in [6, 6.07) is 11.7. The first-order chi connectivity index (χ1) is 12.3. The number of ketones is 1. The average molecular weight is 330 g/mol. The fourth-order valence-corrected chi connectivity index (χ4v) is 2.84. The Hall–Kier alpha value is -2.83. The second-order valence-electron chi connectivity index (χ2n) is 6.14. The lowest BCUT2D eigenvalue weighted by atomic mass is 9.90. The normalized spacial score (nSPS) is 17.3. The van der Waals surface area contributed by atoms with Crippen LogP contribution in [0.5, 0.6) is 0 Å². The number of hydrogen-bond donors (Lipinski definition) is 0. The van der Waals surface area contributed by atoms with E-state index in [1.54, 1.807) is 6.26 Å². The number of carbonyl (C=O) groups excluding carboxylic acids is 1. The molecule has 0 bridgehead atoms. The smallest absolute Gasteiger partial charge is 0.166 e. The van der Waals surface area contributed by atoms with Gasteiger partial charge in [-0.3, -0.25) is 4.79 Å². The highest BCUT2D eigenvalue weighted by molar-refractivity contribution is 5.98. The molecule has 3 rings (SSSR count). The van der Waals surface area contributed by atoms with E-state index in [2.05, 4.69) is 18.7 Å². The summed E-state index contributed by atoms with van der Waals surface area (Å²) in [5.74, 6) is 1.00. The fourth-order valence-electron chi connectivity index (χ4n) is 2.84. The van der Waals surface area contributed by atoms with Gasteiger partial charge in [-0.05, 0) is 55.2 Å². The molecule has 1 aliphatic rings. The van der Waals surface area contributed by atoms with E-state index >= 15 is 0 Å². The Labute approximate surface area is 148 Å². The fraction of sp³-hybridized carbons (Fsp3) is 0.217. The Morgan fingerprint density at radius 2 is 2.04 bits per heavy atom. The standard InChI is InChI=1S/C23H22O2/c1-2-18-11-14-21(15-12-18)23(24)20-8-3-6-19(7-4-9-20)13-16-22-10-5-17-25-22/h3-6,10-17,20H,2,8-9H2,1H3. The van der Waals surface area contributed by atoms with Crippen LogP contribution in [0, 0.1) is 5.92 Å². The maximum atomic E-state index is 12.7. The Morgan fingerprint density at radius 3 is 2.76 bits per heavy atom. The number of benzene rings is 1. The van der Waals surface area contributed by atoms with Gasteiger partial charge in [-0.1, -0.05) is 43.3 Å². The third-order valence-electron chi connectivity index (χ3n) is 4.38. The summed E-state index contributed by atoms with van der Waals surface area (Å²) in [6.45, 7) is 2.12. The molecule has 1 heterocycles. The molecule has 2 nitrogen and oxygen atoms in total. The summed E-state index contributed by atoms with van der Waals surface area (Å²) in [5.41, 5.74) is 6.30. The van der Waals surface area contributed by atoms with E-state index in [1.807, 2.05) is 60.7 Å². The maximum Gasteiger partial charge on any atom is 0.166 e. The van der Waals surface area contributed by atoms with E-state index < -0.39 is 0 Å². The van der Waals surface area contributed by atoms with Gasteiger partial charge in [-0.25, -0.2) is 0 Å². The van der Waals surface area contributed by atoms with Gasteiger partial charge >= 0.3 is 0 Å². The molecule has 0 spiro atoms. The Morgan fingerprint density at radius 1 is 1.20 bits per heavy atom. The van der Waals surface area contributed by atoms with Crippen LogP contribution in [0.4, 0.5) is 0 Å². The highest BCUT2D eigenvalue weighted by Crippen LogP contribution is 2.20. The summed E-state index contributed by atoms with van der Waals surface area (Å²) in [6.07, 6.45) is 14.0. The van der Waals surface area contributed by atoms with Crippen LogP contribution in [0.15, 0.2) is 82.7 Å². The molecule has 2 aromatic rings. The molecule has 1 aromatic carbocycles. The van der Waals surface area contributed by atoms with Gasteiger partial charge in [-0.15, -0.1) is 5.73 Å². The third-order valence-corrected chi connectivity index (χ3v) is 4.38. The van der Waals surface area contributed by atoms with Gasteiger partial charge in [0.05, 0.1) is 6.26 Å². The lowest BCUT2D eigenvalue weighted by molar-refractivity contribution is 0.0921. The SMILES string of the molecule is CCc1ccc(C(=O)C2CC=C=C(C=Cc3ccco3)C=CC2)cc1. The van der Waals surface area contributed by atoms with Gasteiger partial charge < -0.3 is 4.42 Å². The lowest BCUT2D eigenvalue weighted by Gasteiger charge is -2.13. The first-order valence-corrected chi connectivity index (χ1v) is 8.72. The van der Waals surface area contributed by atoms with Crippen LogP contribution in [0.3, 0.4) is 0 Å². The Bertz CT molecular complexity index is 827. The number of rotatable bonds is 5. The Kier molecular flexibility index (Phi) is 5.66. The van der Waals surface area contributed by atoms with Crippen LogP contribution in [-0.4, -0.2) is 5.78 Å². The van der Waals surface area contributed by atoms with E-state index in [1.165, 1.54) is 5.56 Å². The molecule has 1 unspecified atom stereocenters. The van der Waals surface area contributed by atoms with E-state index in [9.17, 15) is 4.79 Å². The van der Waals surface area contributed by atoms with E-state index in [4.69, 9.17) is 4.42 Å². The summed E-state index contributed by atoms with van der Waals surface area (Å²) in [4.78, 5) is 12.7. The van der Waals surface area contributed by atoms with Crippen molar-refractivity contribution in [1.29, 1.82) is 0 Å². The third kappa shape index (κ3) is 4.59. The largest absolute Gasteiger partial charge is 0.465 e. The number of carbonyl (C=O) groups is 1. The molecular weight excluding hydrogens is 308 g/mol. The number of aryl methyl sites for hydroxylation is 1. The number of furan rings is 1. The van der Waals surface area contributed by atoms with E-state index in [0.717, 1.165) is 29.7 Å². The first kappa shape index (κ1) is 17.0. The molecule has 0 saturated heterocycles. The van der Waals surface area contributed by atoms with Crippen molar-refractivity contribution >= 4 is 11.9 Å². The van der Waals surface area contributed by atoms with Gasteiger partial charge in [0, 0.05) is 17.1 Å². The Balaban J connectivity index is 1.69.